The van der Waals surface area contributed by atoms with Crippen LogP contribution < -0.4 is 10.2 Å². The number of benzene rings is 2. The highest BCUT2D eigenvalue weighted by Crippen LogP contribution is 2.28. The van der Waals surface area contributed by atoms with E-state index >= 15 is 0 Å². The van der Waals surface area contributed by atoms with Crippen molar-refractivity contribution in [3.63, 3.8) is 0 Å². The predicted molar refractivity (Wildman–Crippen MR) is 109 cm³/mol. The van der Waals surface area contributed by atoms with Gasteiger partial charge >= 0.3 is 0 Å². The van der Waals surface area contributed by atoms with Crippen LogP contribution in [-0.2, 0) is 9.59 Å². The van der Waals surface area contributed by atoms with Crippen molar-refractivity contribution in [3.8, 4) is 0 Å². The fraction of sp³-hybridized carbons (Fsp3) is 0.364. The van der Waals surface area contributed by atoms with Crippen molar-refractivity contribution in [3.05, 3.63) is 59.2 Å². The fourth-order valence-electron chi connectivity index (χ4n) is 3.58. The van der Waals surface area contributed by atoms with Gasteiger partial charge in [-0.3, -0.25) is 14.5 Å². The SMILES string of the molecule is Cc1ccc(C(C(=O)Nc2ccc(N3CCCC3=O)c(C)c2)N(C)C)cc1. The van der Waals surface area contributed by atoms with Gasteiger partial charge in [0.25, 0.3) is 0 Å². The minimum absolute atomic E-state index is 0.0757. The van der Waals surface area contributed by atoms with Crippen LogP contribution in [-0.4, -0.2) is 37.4 Å². The van der Waals surface area contributed by atoms with Gasteiger partial charge in [0.05, 0.1) is 0 Å². The Morgan fingerprint density at radius 1 is 1.11 bits per heavy atom. The number of carbonyl (C=O) groups excluding carboxylic acids is 2. The lowest BCUT2D eigenvalue weighted by molar-refractivity contribution is -0.120. The summed E-state index contributed by atoms with van der Waals surface area (Å²) in [5, 5.41) is 3.02. The molecule has 2 aromatic carbocycles. The van der Waals surface area contributed by atoms with E-state index < -0.39 is 0 Å². The molecule has 0 aliphatic carbocycles. The van der Waals surface area contributed by atoms with Gasteiger partial charge in [-0.05, 0) is 63.7 Å². The van der Waals surface area contributed by atoms with Crippen LogP contribution in [0.4, 0.5) is 11.4 Å². The monoisotopic (exact) mass is 365 g/mol. The quantitative estimate of drug-likeness (QED) is 0.880. The first-order valence-electron chi connectivity index (χ1n) is 9.31. The largest absolute Gasteiger partial charge is 0.324 e. The molecule has 0 aromatic heterocycles. The minimum Gasteiger partial charge on any atom is -0.324 e. The summed E-state index contributed by atoms with van der Waals surface area (Å²) in [6, 6.07) is 13.4. The van der Waals surface area contributed by atoms with E-state index in [2.05, 4.69) is 5.32 Å². The van der Waals surface area contributed by atoms with Crippen molar-refractivity contribution < 1.29 is 9.59 Å². The van der Waals surface area contributed by atoms with Crippen LogP contribution in [0.3, 0.4) is 0 Å². The zero-order valence-electron chi connectivity index (χ0n) is 16.5. The van der Waals surface area contributed by atoms with Crippen molar-refractivity contribution >= 4 is 23.2 Å². The molecule has 5 heteroatoms. The first-order chi connectivity index (χ1) is 12.9. The normalized spacial score (nSPS) is 15.3. The van der Waals surface area contributed by atoms with Gasteiger partial charge in [0.1, 0.15) is 6.04 Å². The molecule has 142 valence electrons. The second-order valence-corrected chi connectivity index (χ2v) is 7.42. The smallest absolute Gasteiger partial charge is 0.246 e. The Morgan fingerprint density at radius 2 is 1.81 bits per heavy atom. The molecule has 1 heterocycles. The summed E-state index contributed by atoms with van der Waals surface area (Å²) in [5.74, 6) is 0.0928. The number of anilines is 2. The Labute approximate surface area is 161 Å². The van der Waals surface area contributed by atoms with E-state index in [9.17, 15) is 9.59 Å². The Hall–Kier alpha value is -2.66. The number of amides is 2. The molecule has 0 radical (unpaired) electrons. The molecule has 1 aliphatic rings. The molecule has 0 spiro atoms. The third-order valence-corrected chi connectivity index (χ3v) is 4.99. The van der Waals surface area contributed by atoms with E-state index in [0.717, 1.165) is 35.5 Å². The molecule has 27 heavy (non-hydrogen) atoms. The molecule has 1 unspecified atom stereocenters. The average molecular weight is 365 g/mol. The van der Waals surface area contributed by atoms with Gasteiger partial charge in [-0.25, -0.2) is 0 Å². The Morgan fingerprint density at radius 3 is 2.37 bits per heavy atom. The molecule has 0 bridgehead atoms. The van der Waals surface area contributed by atoms with E-state index in [1.807, 2.05) is 80.2 Å². The summed E-state index contributed by atoms with van der Waals surface area (Å²) in [6.45, 7) is 4.77. The number of hydrogen-bond donors (Lipinski definition) is 1. The van der Waals surface area contributed by atoms with Crippen LogP contribution in [0.25, 0.3) is 0 Å². The van der Waals surface area contributed by atoms with Gasteiger partial charge in [0.2, 0.25) is 11.8 Å². The minimum atomic E-state index is -0.370. The third-order valence-electron chi connectivity index (χ3n) is 4.99. The predicted octanol–water partition coefficient (Wildman–Crippen LogP) is 3.67. The highest BCUT2D eigenvalue weighted by molar-refractivity contribution is 5.98. The first-order valence-corrected chi connectivity index (χ1v) is 9.31. The highest BCUT2D eigenvalue weighted by Gasteiger charge is 2.25. The number of likely N-dealkylation sites (N-methyl/N-ethyl adjacent to an activating group) is 1. The molecule has 1 N–H and O–H groups in total. The number of rotatable bonds is 5. The van der Waals surface area contributed by atoms with Crippen molar-refractivity contribution in [2.45, 2.75) is 32.7 Å². The number of nitrogens with zero attached hydrogens (tertiary/aromatic N) is 2. The molecule has 2 amide bonds. The molecular weight excluding hydrogens is 338 g/mol. The zero-order valence-corrected chi connectivity index (χ0v) is 16.5. The zero-order chi connectivity index (χ0) is 19.6. The molecule has 5 nitrogen and oxygen atoms in total. The van der Waals surface area contributed by atoms with Crippen molar-refractivity contribution in [2.75, 3.05) is 30.9 Å². The maximum atomic E-state index is 12.9. The summed E-state index contributed by atoms with van der Waals surface area (Å²) < 4.78 is 0. The van der Waals surface area contributed by atoms with Gasteiger partial charge in [-0.1, -0.05) is 29.8 Å². The van der Waals surface area contributed by atoms with Gasteiger partial charge in [0, 0.05) is 24.3 Å². The third kappa shape index (κ3) is 4.19. The molecule has 1 saturated heterocycles. The fourth-order valence-corrected chi connectivity index (χ4v) is 3.58. The standard InChI is InChI=1S/C22H27N3O2/c1-15-7-9-17(10-8-15)21(24(3)4)22(27)23-18-11-12-19(16(2)14-18)25-13-5-6-20(25)26/h7-12,14,21H,5-6,13H2,1-4H3,(H,23,27). The summed E-state index contributed by atoms with van der Waals surface area (Å²) in [7, 11) is 3.80. The summed E-state index contributed by atoms with van der Waals surface area (Å²) in [5.41, 5.74) is 4.78. The number of carbonyl (C=O) groups is 2. The van der Waals surface area contributed by atoms with Crippen LogP contribution in [0.5, 0.6) is 0 Å². The molecule has 1 atom stereocenters. The van der Waals surface area contributed by atoms with E-state index in [4.69, 9.17) is 0 Å². The molecule has 0 saturated carbocycles. The van der Waals surface area contributed by atoms with Crippen LogP contribution in [0, 0.1) is 13.8 Å². The highest BCUT2D eigenvalue weighted by atomic mass is 16.2. The van der Waals surface area contributed by atoms with Crippen LogP contribution in [0.15, 0.2) is 42.5 Å². The lowest BCUT2D eigenvalue weighted by Gasteiger charge is -2.24. The Kier molecular flexibility index (Phi) is 5.61. The van der Waals surface area contributed by atoms with E-state index in [-0.39, 0.29) is 17.9 Å². The van der Waals surface area contributed by atoms with Gasteiger partial charge in [-0.15, -0.1) is 0 Å². The summed E-state index contributed by atoms with van der Waals surface area (Å²) in [6.07, 6.45) is 1.51. The summed E-state index contributed by atoms with van der Waals surface area (Å²) in [4.78, 5) is 28.6. The molecule has 2 aromatic rings. The van der Waals surface area contributed by atoms with E-state index in [1.165, 1.54) is 5.56 Å². The van der Waals surface area contributed by atoms with Crippen LogP contribution >= 0.6 is 0 Å². The molecule has 1 fully saturated rings. The molecule has 1 aliphatic heterocycles. The van der Waals surface area contributed by atoms with E-state index in [0.29, 0.717) is 6.42 Å². The van der Waals surface area contributed by atoms with Crippen LogP contribution in [0.1, 0.15) is 35.6 Å². The Bertz CT molecular complexity index is 843. The number of hydrogen-bond acceptors (Lipinski definition) is 3. The molecule has 3 rings (SSSR count). The van der Waals surface area contributed by atoms with Crippen molar-refractivity contribution in [1.29, 1.82) is 0 Å². The van der Waals surface area contributed by atoms with Crippen molar-refractivity contribution in [1.82, 2.24) is 4.90 Å². The lowest BCUT2D eigenvalue weighted by atomic mass is 10.0. The topological polar surface area (TPSA) is 52.7 Å². The van der Waals surface area contributed by atoms with Crippen molar-refractivity contribution in [2.24, 2.45) is 0 Å². The van der Waals surface area contributed by atoms with Gasteiger partial charge in [0.15, 0.2) is 0 Å². The second kappa shape index (κ2) is 7.92. The van der Waals surface area contributed by atoms with E-state index in [1.54, 1.807) is 0 Å². The second-order valence-electron chi connectivity index (χ2n) is 7.42. The first kappa shape index (κ1) is 19.1. The Balaban J connectivity index is 1.78. The van der Waals surface area contributed by atoms with Gasteiger partial charge < -0.3 is 10.2 Å². The van der Waals surface area contributed by atoms with Crippen LogP contribution in [0.2, 0.25) is 0 Å². The molecular formula is C22H27N3O2. The average Bonchev–Trinajstić information content (AvgIpc) is 3.02. The number of nitrogens with one attached hydrogen (secondary N) is 1. The van der Waals surface area contributed by atoms with Gasteiger partial charge in [-0.2, -0.15) is 0 Å². The summed E-state index contributed by atoms with van der Waals surface area (Å²) >= 11 is 0. The lowest BCUT2D eigenvalue weighted by Crippen LogP contribution is -2.32. The maximum absolute atomic E-state index is 12.9. The number of aryl methyl sites for hydroxylation is 2. The maximum Gasteiger partial charge on any atom is 0.246 e.